The molecule has 0 atom stereocenters. The zero-order valence-corrected chi connectivity index (χ0v) is 10.3. The summed E-state index contributed by atoms with van der Waals surface area (Å²) >= 11 is 0. The van der Waals surface area contributed by atoms with Gasteiger partial charge in [-0.05, 0) is 13.8 Å². The Hall–Kier alpha value is -0.0800. The largest absolute Gasteiger partial charge is 0.268 e. The Morgan fingerprint density at radius 2 is 1.50 bits per heavy atom. The molecule has 0 spiro atoms. The first kappa shape index (κ1) is 10.4. The zero-order chi connectivity index (χ0) is 10.4. The fraction of sp³-hybridized carbons (Fsp3) is 1.00. The van der Waals surface area contributed by atoms with Crippen molar-refractivity contribution in [3.63, 3.8) is 0 Å². The third-order valence-corrected chi connectivity index (χ3v) is 4.47. The van der Waals surface area contributed by atoms with Crippen LogP contribution in [0.5, 0.6) is 0 Å². The molecule has 14 heavy (non-hydrogen) atoms. The maximum absolute atomic E-state index is 2.40. The van der Waals surface area contributed by atoms with Gasteiger partial charge in [0.15, 0.2) is 0 Å². The summed E-state index contributed by atoms with van der Waals surface area (Å²) in [4.78, 5) is 0. The lowest BCUT2D eigenvalue weighted by Gasteiger charge is -2.31. The van der Waals surface area contributed by atoms with E-state index in [2.05, 4.69) is 27.7 Å². The zero-order valence-electron chi connectivity index (χ0n) is 10.3. The standard InChI is InChI=1S/C12H26N2/c1-11(2)9-13-5-7-14(10-13,8-6-13)12(3)4/h11-12H,5-10H2,1-4H3/q+2. The van der Waals surface area contributed by atoms with Gasteiger partial charge in [0.2, 0.25) is 6.67 Å². The van der Waals surface area contributed by atoms with Gasteiger partial charge >= 0.3 is 0 Å². The molecule has 2 rings (SSSR count). The molecule has 0 aromatic rings. The highest BCUT2D eigenvalue weighted by atomic mass is 15.6. The van der Waals surface area contributed by atoms with Gasteiger partial charge in [-0.15, -0.1) is 0 Å². The van der Waals surface area contributed by atoms with Crippen molar-refractivity contribution in [3.05, 3.63) is 0 Å². The van der Waals surface area contributed by atoms with Crippen LogP contribution in [0.1, 0.15) is 27.7 Å². The van der Waals surface area contributed by atoms with E-state index in [9.17, 15) is 0 Å². The Morgan fingerprint density at radius 3 is 1.86 bits per heavy atom. The fourth-order valence-corrected chi connectivity index (χ4v) is 3.62. The van der Waals surface area contributed by atoms with Crippen molar-refractivity contribution < 1.29 is 8.97 Å². The topological polar surface area (TPSA) is 0 Å². The lowest BCUT2D eigenvalue weighted by Crippen LogP contribution is -2.50. The highest BCUT2D eigenvalue weighted by molar-refractivity contribution is 4.63. The third kappa shape index (κ3) is 1.49. The molecule has 0 radical (unpaired) electrons. The Labute approximate surface area is 88.7 Å². The van der Waals surface area contributed by atoms with Gasteiger partial charge in [-0.3, -0.25) is 8.97 Å². The molecule has 2 nitrogen and oxygen atoms in total. The van der Waals surface area contributed by atoms with Gasteiger partial charge in [0.1, 0.15) is 26.2 Å². The normalized spacial score (nSPS) is 41.6. The molecule has 2 bridgehead atoms. The molecule has 2 aliphatic heterocycles. The predicted molar refractivity (Wildman–Crippen MR) is 59.7 cm³/mol. The fourth-order valence-electron chi connectivity index (χ4n) is 3.62. The van der Waals surface area contributed by atoms with Crippen molar-refractivity contribution in [1.29, 1.82) is 0 Å². The molecule has 0 aromatic carbocycles. The van der Waals surface area contributed by atoms with Crippen molar-refractivity contribution in [1.82, 2.24) is 0 Å². The van der Waals surface area contributed by atoms with Crippen molar-refractivity contribution in [2.24, 2.45) is 5.92 Å². The van der Waals surface area contributed by atoms with E-state index in [0.717, 1.165) is 12.0 Å². The lowest BCUT2D eigenvalue weighted by atomic mass is 10.1. The van der Waals surface area contributed by atoms with Crippen molar-refractivity contribution in [2.75, 3.05) is 39.4 Å². The van der Waals surface area contributed by atoms with Crippen molar-refractivity contribution in [2.45, 2.75) is 33.7 Å². The second-order valence-corrected chi connectivity index (χ2v) is 6.27. The van der Waals surface area contributed by atoms with E-state index in [4.69, 9.17) is 0 Å². The second-order valence-electron chi connectivity index (χ2n) is 6.27. The van der Waals surface area contributed by atoms with E-state index < -0.39 is 0 Å². The molecular formula is C12H26N2+2. The average molecular weight is 198 g/mol. The number of piperazine rings is 1. The van der Waals surface area contributed by atoms with Crippen molar-refractivity contribution >= 4 is 0 Å². The smallest absolute Gasteiger partial charge is 0.208 e. The van der Waals surface area contributed by atoms with Crippen LogP contribution in [0.2, 0.25) is 0 Å². The summed E-state index contributed by atoms with van der Waals surface area (Å²) in [5.41, 5.74) is 0. The molecule has 2 aliphatic rings. The summed E-state index contributed by atoms with van der Waals surface area (Å²) in [6.45, 7) is 18.1. The maximum Gasteiger partial charge on any atom is 0.208 e. The molecule has 0 saturated carbocycles. The summed E-state index contributed by atoms with van der Waals surface area (Å²) in [5, 5.41) is 0. The number of hydrogen-bond acceptors (Lipinski definition) is 0. The Kier molecular flexibility index (Phi) is 2.39. The monoisotopic (exact) mass is 198 g/mol. The predicted octanol–water partition coefficient (Wildman–Crippen LogP) is 1.67. The molecule has 0 N–H and O–H groups in total. The Bertz CT molecular complexity index is 212. The summed E-state index contributed by atoms with van der Waals surface area (Å²) < 4.78 is 2.84. The molecular weight excluding hydrogens is 172 g/mol. The van der Waals surface area contributed by atoms with E-state index in [0.29, 0.717) is 0 Å². The average Bonchev–Trinajstić information content (AvgIpc) is 2.58. The molecule has 2 fully saturated rings. The summed E-state index contributed by atoms with van der Waals surface area (Å²) in [7, 11) is 0. The summed E-state index contributed by atoms with van der Waals surface area (Å²) in [5.74, 6) is 0.861. The van der Waals surface area contributed by atoms with Crippen molar-refractivity contribution in [3.8, 4) is 0 Å². The molecule has 0 unspecified atom stereocenters. The van der Waals surface area contributed by atoms with Gasteiger partial charge in [-0.1, -0.05) is 13.8 Å². The molecule has 0 amide bonds. The second kappa shape index (κ2) is 3.21. The van der Waals surface area contributed by atoms with Crippen LogP contribution in [0, 0.1) is 5.92 Å². The van der Waals surface area contributed by atoms with Gasteiger partial charge in [0, 0.05) is 5.92 Å². The van der Waals surface area contributed by atoms with E-state index in [-0.39, 0.29) is 0 Å². The number of quaternary nitrogens is 2. The van der Waals surface area contributed by atoms with Crippen LogP contribution in [-0.4, -0.2) is 54.4 Å². The van der Waals surface area contributed by atoms with E-state index in [1.165, 1.54) is 48.4 Å². The number of rotatable bonds is 3. The van der Waals surface area contributed by atoms with E-state index >= 15 is 0 Å². The number of hydrogen-bond donors (Lipinski definition) is 0. The van der Waals surface area contributed by atoms with Crippen LogP contribution in [0.3, 0.4) is 0 Å². The van der Waals surface area contributed by atoms with E-state index in [1.807, 2.05) is 0 Å². The quantitative estimate of drug-likeness (QED) is 0.605. The first-order chi connectivity index (χ1) is 6.48. The van der Waals surface area contributed by atoms with Gasteiger partial charge in [-0.2, -0.15) is 0 Å². The van der Waals surface area contributed by atoms with Crippen LogP contribution in [-0.2, 0) is 0 Å². The highest BCUT2D eigenvalue weighted by Gasteiger charge is 2.56. The minimum absolute atomic E-state index is 0.838. The van der Waals surface area contributed by atoms with Gasteiger partial charge in [-0.25, -0.2) is 0 Å². The van der Waals surface area contributed by atoms with Crippen LogP contribution in [0.15, 0.2) is 0 Å². The first-order valence-corrected chi connectivity index (χ1v) is 6.19. The SMILES string of the molecule is CC(C)C[N+]12CC[N+](C(C)C)(CC1)C2. The van der Waals surface area contributed by atoms with Crippen LogP contribution in [0.25, 0.3) is 0 Å². The first-order valence-electron chi connectivity index (χ1n) is 6.19. The molecule has 0 aliphatic carbocycles. The molecule has 82 valence electrons. The van der Waals surface area contributed by atoms with Gasteiger partial charge in [0.05, 0.1) is 12.6 Å². The molecule has 0 aromatic heterocycles. The van der Waals surface area contributed by atoms with Crippen LogP contribution < -0.4 is 0 Å². The minimum atomic E-state index is 0.838. The number of fused-ring (bicyclic) bond motifs is 2. The van der Waals surface area contributed by atoms with Crippen LogP contribution in [0.4, 0.5) is 0 Å². The van der Waals surface area contributed by atoms with Gasteiger partial charge < -0.3 is 0 Å². The van der Waals surface area contributed by atoms with E-state index in [1.54, 1.807) is 0 Å². The van der Waals surface area contributed by atoms with Crippen LogP contribution >= 0.6 is 0 Å². The Morgan fingerprint density at radius 1 is 0.929 bits per heavy atom. The summed E-state index contributed by atoms with van der Waals surface area (Å²) in [6, 6.07) is 0.838. The molecule has 2 saturated heterocycles. The minimum Gasteiger partial charge on any atom is -0.268 e. The molecule has 2 heterocycles. The molecule has 2 heteroatoms. The Balaban J connectivity index is 2.08. The third-order valence-electron chi connectivity index (χ3n) is 4.47. The maximum atomic E-state index is 2.40. The van der Waals surface area contributed by atoms with Gasteiger partial charge in [0.25, 0.3) is 0 Å². The highest BCUT2D eigenvalue weighted by Crippen LogP contribution is 2.34. The lowest BCUT2D eigenvalue weighted by molar-refractivity contribution is -0.998. The summed E-state index contributed by atoms with van der Waals surface area (Å²) in [6.07, 6.45) is 0. The number of nitrogens with zero attached hydrogens (tertiary/aromatic N) is 2.